The number of carbonyl (C=O) groups is 1. The van der Waals surface area contributed by atoms with E-state index in [1.165, 1.54) is 22.9 Å². The molecule has 2 aromatic heterocycles. The maximum atomic E-state index is 10.7. The van der Waals surface area contributed by atoms with Gasteiger partial charge in [-0.05, 0) is 17.6 Å². The van der Waals surface area contributed by atoms with Crippen LogP contribution in [0.4, 0.5) is 0 Å². The lowest BCUT2D eigenvalue weighted by Gasteiger charge is -1.88. The maximum Gasteiger partial charge on any atom is 0.336 e. The van der Waals surface area contributed by atoms with Crippen molar-refractivity contribution in [3.63, 3.8) is 0 Å². The lowest BCUT2D eigenvalue weighted by Crippen LogP contribution is -1.91. The quantitative estimate of drug-likeness (QED) is 0.897. The second-order valence-corrected chi connectivity index (χ2v) is 4.45. The van der Waals surface area contributed by atoms with Crippen molar-refractivity contribution in [1.82, 2.24) is 4.37 Å². The largest absolute Gasteiger partial charge is 0.480 e. The van der Waals surface area contributed by atoms with Crippen LogP contribution in [-0.2, 0) is 0 Å². The number of hydrogen-bond donors (Lipinski definition) is 1. The zero-order valence-electron chi connectivity index (χ0n) is 7.76. The number of thiophene rings is 1. The number of hydrogen-bond acceptors (Lipinski definition) is 5. The maximum absolute atomic E-state index is 10.7. The molecule has 0 saturated heterocycles. The van der Waals surface area contributed by atoms with E-state index in [-0.39, 0.29) is 0 Å². The van der Waals surface area contributed by atoms with Crippen LogP contribution >= 0.6 is 22.9 Å². The SMILES string of the molecule is COc1cc(-c2cc(C(=O)O)cs2)sn1. The summed E-state index contributed by atoms with van der Waals surface area (Å²) in [6.07, 6.45) is 0. The summed E-state index contributed by atoms with van der Waals surface area (Å²) in [6, 6.07) is 3.43. The van der Waals surface area contributed by atoms with Gasteiger partial charge in [-0.2, -0.15) is 4.37 Å². The molecule has 0 saturated carbocycles. The van der Waals surface area contributed by atoms with Crippen molar-refractivity contribution < 1.29 is 14.6 Å². The van der Waals surface area contributed by atoms with Crippen LogP contribution in [0, 0.1) is 0 Å². The fraction of sp³-hybridized carbons (Fsp3) is 0.111. The first kappa shape index (κ1) is 10.1. The van der Waals surface area contributed by atoms with Crippen LogP contribution in [0.5, 0.6) is 5.88 Å². The van der Waals surface area contributed by atoms with E-state index in [1.807, 2.05) is 0 Å². The van der Waals surface area contributed by atoms with Gasteiger partial charge in [-0.3, -0.25) is 0 Å². The molecule has 4 nitrogen and oxygen atoms in total. The third kappa shape index (κ3) is 2.00. The van der Waals surface area contributed by atoms with E-state index in [2.05, 4.69) is 4.37 Å². The van der Waals surface area contributed by atoms with Gasteiger partial charge in [0.2, 0.25) is 5.88 Å². The zero-order chi connectivity index (χ0) is 10.8. The molecule has 0 aliphatic rings. The number of ether oxygens (including phenoxy) is 1. The van der Waals surface area contributed by atoms with Gasteiger partial charge in [0.05, 0.1) is 17.6 Å². The summed E-state index contributed by atoms with van der Waals surface area (Å²) in [5, 5.41) is 10.4. The van der Waals surface area contributed by atoms with Gasteiger partial charge < -0.3 is 9.84 Å². The highest BCUT2D eigenvalue weighted by Crippen LogP contribution is 2.32. The van der Waals surface area contributed by atoms with Crippen molar-refractivity contribution in [3.8, 4) is 15.6 Å². The van der Waals surface area contributed by atoms with Crippen molar-refractivity contribution >= 4 is 28.8 Å². The van der Waals surface area contributed by atoms with E-state index in [1.54, 1.807) is 24.6 Å². The smallest absolute Gasteiger partial charge is 0.336 e. The molecule has 0 radical (unpaired) electrons. The molecule has 0 aliphatic heterocycles. The normalized spacial score (nSPS) is 10.2. The number of aromatic nitrogens is 1. The van der Waals surface area contributed by atoms with Crippen LogP contribution in [0.15, 0.2) is 17.5 Å². The van der Waals surface area contributed by atoms with Crippen LogP contribution in [0.25, 0.3) is 9.75 Å². The van der Waals surface area contributed by atoms with Crippen LogP contribution in [0.2, 0.25) is 0 Å². The van der Waals surface area contributed by atoms with Gasteiger partial charge in [-0.15, -0.1) is 11.3 Å². The predicted octanol–water partition coefficient (Wildman–Crippen LogP) is 2.58. The van der Waals surface area contributed by atoms with Gasteiger partial charge in [0, 0.05) is 16.3 Å². The van der Waals surface area contributed by atoms with E-state index in [9.17, 15) is 4.79 Å². The Morgan fingerprint density at radius 2 is 2.27 bits per heavy atom. The summed E-state index contributed by atoms with van der Waals surface area (Å²) in [6.45, 7) is 0. The molecule has 0 bridgehead atoms. The molecule has 78 valence electrons. The highest BCUT2D eigenvalue weighted by Gasteiger charge is 2.10. The zero-order valence-corrected chi connectivity index (χ0v) is 9.39. The van der Waals surface area contributed by atoms with Crippen molar-refractivity contribution in [2.24, 2.45) is 0 Å². The molecule has 0 aliphatic carbocycles. The first-order chi connectivity index (χ1) is 7.20. The lowest BCUT2D eigenvalue weighted by atomic mass is 10.3. The topological polar surface area (TPSA) is 59.4 Å². The molecule has 0 spiro atoms. The number of aromatic carboxylic acids is 1. The summed E-state index contributed by atoms with van der Waals surface area (Å²) < 4.78 is 9.00. The second-order valence-electron chi connectivity index (χ2n) is 2.74. The average Bonchev–Trinajstić information content (AvgIpc) is 2.86. The Bertz CT molecular complexity index is 489. The van der Waals surface area contributed by atoms with Gasteiger partial charge in [0.25, 0.3) is 0 Å². The Kier molecular flexibility index (Phi) is 2.70. The monoisotopic (exact) mass is 241 g/mol. The highest BCUT2D eigenvalue weighted by molar-refractivity contribution is 7.19. The first-order valence-electron chi connectivity index (χ1n) is 4.03. The average molecular weight is 241 g/mol. The van der Waals surface area contributed by atoms with Crippen molar-refractivity contribution in [1.29, 1.82) is 0 Å². The minimum atomic E-state index is -0.908. The minimum Gasteiger partial charge on any atom is -0.480 e. The fourth-order valence-electron chi connectivity index (χ4n) is 1.05. The molecule has 6 heteroatoms. The summed E-state index contributed by atoms with van der Waals surface area (Å²) in [4.78, 5) is 12.5. The number of methoxy groups -OCH3 is 1. The molecule has 0 atom stereocenters. The minimum absolute atomic E-state index is 0.308. The van der Waals surface area contributed by atoms with E-state index in [4.69, 9.17) is 9.84 Å². The summed E-state index contributed by atoms with van der Waals surface area (Å²) in [7, 11) is 1.55. The molecule has 1 N–H and O–H groups in total. The molecule has 2 aromatic rings. The Hall–Kier alpha value is -1.40. The third-order valence-electron chi connectivity index (χ3n) is 1.79. The van der Waals surface area contributed by atoms with Crippen LogP contribution in [0.1, 0.15) is 10.4 Å². The fourth-order valence-corrected chi connectivity index (χ4v) is 2.72. The molecule has 0 fully saturated rings. The summed E-state index contributed by atoms with van der Waals surface area (Å²) in [5.74, 6) is -0.353. The molecule has 15 heavy (non-hydrogen) atoms. The number of carboxylic acid groups (broad SMARTS) is 1. The summed E-state index contributed by atoms with van der Waals surface area (Å²) >= 11 is 2.68. The van der Waals surface area contributed by atoms with Gasteiger partial charge in [0.15, 0.2) is 0 Å². The molecule has 0 unspecified atom stereocenters. The Morgan fingerprint density at radius 1 is 1.47 bits per heavy atom. The van der Waals surface area contributed by atoms with Crippen LogP contribution < -0.4 is 4.74 Å². The summed E-state index contributed by atoms with van der Waals surface area (Å²) in [5.41, 5.74) is 0.308. The third-order valence-corrected chi connectivity index (χ3v) is 3.69. The van der Waals surface area contributed by atoms with Gasteiger partial charge >= 0.3 is 5.97 Å². The molecular formula is C9H7NO3S2. The van der Waals surface area contributed by atoms with E-state index >= 15 is 0 Å². The molecule has 0 aromatic carbocycles. The Balaban J connectivity index is 2.32. The lowest BCUT2D eigenvalue weighted by molar-refractivity contribution is 0.0697. The predicted molar refractivity (Wildman–Crippen MR) is 58.9 cm³/mol. The number of carboxylic acids is 1. The van der Waals surface area contributed by atoms with Crippen LogP contribution in [-0.4, -0.2) is 22.6 Å². The van der Waals surface area contributed by atoms with Gasteiger partial charge in [-0.1, -0.05) is 0 Å². The second kappa shape index (κ2) is 4.00. The van der Waals surface area contributed by atoms with Crippen molar-refractivity contribution in [2.75, 3.05) is 7.11 Å². The van der Waals surface area contributed by atoms with E-state index in [0.717, 1.165) is 9.75 Å². The highest BCUT2D eigenvalue weighted by atomic mass is 32.1. The van der Waals surface area contributed by atoms with E-state index < -0.39 is 5.97 Å². The molecule has 2 rings (SSSR count). The standard InChI is InChI=1S/C9H7NO3S2/c1-13-8-3-7(15-10-8)6-2-5(4-14-6)9(11)12/h2-4H,1H3,(H,11,12). The van der Waals surface area contributed by atoms with Crippen molar-refractivity contribution in [2.45, 2.75) is 0 Å². The number of rotatable bonds is 3. The Labute approximate surface area is 93.9 Å². The molecule has 0 amide bonds. The molecular weight excluding hydrogens is 234 g/mol. The van der Waals surface area contributed by atoms with Gasteiger partial charge in [0.1, 0.15) is 0 Å². The first-order valence-corrected chi connectivity index (χ1v) is 5.69. The molecule has 2 heterocycles. The number of nitrogens with zero attached hydrogens (tertiary/aromatic N) is 1. The van der Waals surface area contributed by atoms with Crippen molar-refractivity contribution in [3.05, 3.63) is 23.1 Å². The van der Waals surface area contributed by atoms with Crippen LogP contribution in [0.3, 0.4) is 0 Å². The van der Waals surface area contributed by atoms with Gasteiger partial charge in [-0.25, -0.2) is 4.79 Å². The van der Waals surface area contributed by atoms with E-state index in [0.29, 0.717) is 11.4 Å². The Morgan fingerprint density at radius 3 is 2.80 bits per heavy atom.